The maximum absolute atomic E-state index is 11.5. The number of hydrogen-bond acceptors (Lipinski definition) is 2. The van der Waals surface area contributed by atoms with Crippen molar-refractivity contribution in [2.45, 2.75) is 45.4 Å². The van der Waals surface area contributed by atoms with Crippen molar-refractivity contribution in [3.05, 3.63) is 29.8 Å². The second-order valence-corrected chi connectivity index (χ2v) is 4.59. The zero-order valence-corrected chi connectivity index (χ0v) is 11.2. The van der Waals surface area contributed by atoms with Crippen molar-refractivity contribution in [2.75, 3.05) is 11.9 Å². The molecule has 0 aliphatic carbocycles. The average Bonchev–Trinajstić information content (AvgIpc) is 2.39. The number of carbonyl (C=O) groups excluding carboxylic acids is 1. The van der Waals surface area contributed by atoms with Crippen LogP contribution in [0.4, 0.5) is 5.69 Å². The summed E-state index contributed by atoms with van der Waals surface area (Å²) >= 11 is 0. The van der Waals surface area contributed by atoms with E-state index in [4.69, 9.17) is 5.73 Å². The Morgan fingerprint density at radius 3 is 2.50 bits per heavy atom. The molecule has 1 amide bonds. The standard InChI is InChI=1S/C15H24N2O/c1-2-3-4-6-13-8-10-14(11-9-13)17-15(18)7-5-12-16/h8-11H,2-7,12,16H2,1H3,(H,17,18). The minimum absolute atomic E-state index is 0.0409. The molecule has 3 heteroatoms. The minimum Gasteiger partial charge on any atom is -0.330 e. The molecular formula is C15H24N2O. The van der Waals surface area contributed by atoms with Crippen LogP contribution < -0.4 is 11.1 Å². The van der Waals surface area contributed by atoms with Gasteiger partial charge in [-0.15, -0.1) is 0 Å². The van der Waals surface area contributed by atoms with E-state index in [2.05, 4.69) is 24.4 Å². The fraction of sp³-hybridized carbons (Fsp3) is 0.533. The Hall–Kier alpha value is -1.35. The first-order valence-corrected chi connectivity index (χ1v) is 6.85. The summed E-state index contributed by atoms with van der Waals surface area (Å²) in [6.07, 6.45) is 6.11. The molecule has 0 saturated carbocycles. The van der Waals surface area contributed by atoms with E-state index in [1.165, 1.54) is 24.8 Å². The van der Waals surface area contributed by atoms with Gasteiger partial charge in [0, 0.05) is 12.1 Å². The lowest BCUT2D eigenvalue weighted by Crippen LogP contribution is -2.13. The summed E-state index contributed by atoms with van der Waals surface area (Å²) in [6.45, 7) is 2.77. The summed E-state index contributed by atoms with van der Waals surface area (Å²) in [5, 5.41) is 2.88. The van der Waals surface area contributed by atoms with Crippen molar-refractivity contribution in [3.8, 4) is 0 Å². The van der Waals surface area contributed by atoms with E-state index in [1.54, 1.807) is 0 Å². The highest BCUT2D eigenvalue weighted by Gasteiger charge is 2.01. The van der Waals surface area contributed by atoms with Crippen LogP contribution in [0.3, 0.4) is 0 Å². The lowest BCUT2D eigenvalue weighted by Gasteiger charge is -2.06. The number of nitrogens with two attached hydrogens (primary N) is 1. The summed E-state index contributed by atoms with van der Waals surface area (Å²) in [4.78, 5) is 11.5. The molecule has 0 radical (unpaired) electrons. The van der Waals surface area contributed by atoms with Crippen molar-refractivity contribution in [2.24, 2.45) is 5.73 Å². The van der Waals surface area contributed by atoms with E-state index < -0.39 is 0 Å². The van der Waals surface area contributed by atoms with E-state index >= 15 is 0 Å². The van der Waals surface area contributed by atoms with Crippen LogP contribution in [-0.2, 0) is 11.2 Å². The normalized spacial score (nSPS) is 10.3. The van der Waals surface area contributed by atoms with Gasteiger partial charge in [0.2, 0.25) is 5.91 Å². The Morgan fingerprint density at radius 1 is 1.17 bits per heavy atom. The van der Waals surface area contributed by atoms with Gasteiger partial charge in [-0.25, -0.2) is 0 Å². The Kier molecular flexibility index (Phi) is 7.11. The monoisotopic (exact) mass is 248 g/mol. The number of unbranched alkanes of at least 4 members (excludes halogenated alkanes) is 2. The van der Waals surface area contributed by atoms with Gasteiger partial charge in [0.15, 0.2) is 0 Å². The first-order chi connectivity index (χ1) is 8.76. The number of aryl methyl sites for hydroxylation is 1. The van der Waals surface area contributed by atoms with E-state index in [0.717, 1.165) is 18.5 Å². The molecule has 3 nitrogen and oxygen atoms in total. The molecule has 1 aromatic carbocycles. The van der Waals surface area contributed by atoms with Gasteiger partial charge in [0.1, 0.15) is 0 Å². The van der Waals surface area contributed by atoms with Crippen LogP contribution in [0.5, 0.6) is 0 Å². The molecule has 0 bridgehead atoms. The molecule has 18 heavy (non-hydrogen) atoms. The SMILES string of the molecule is CCCCCc1ccc(NC(=O)CCCN)cc1. The van der Waals surface area contributed by atoms with Gasteiger partial charge in [0.25, 0.3) is 0 Å². The van der Waals surface area contributed by atoms with Crippen LogP contribution in [0.2, 0.25) is 0 Å². The molecule has 0 atom stereocenters. The smallest absolute Gasteiger partial charge is 0.224 e. The minimum atomic E-state index is 0.0409. The van der Waals surface area contributed by atoms with Crippen LogP contribution in [0.25, 0.3) is 0 Å². The van der Waals surface area contributed by atoms with Crippen molar-refractivity contribution >= 4 is 11.6 Å². The molecular weight excluding hydrogens is 224 g/mol. The molecule has 0 unspecified atom stereocenters. The van der Waals surface area contributed by atoms with Crippen molar-refractivity contribution in [3.63, 3.8) is 0 Å². The van der Waals surface area contributed by atoms with Crippen LogP contribution in [0, 0.1) is 0 Å². The maximum atomic E-state index is 11.5. The largest absolute Gasteiger partial charge is 0.330 e. The Balaban J connectivity index is 2.37. The van der Waals surface area contributed by atoms with Gasteiger partial charge in [-0.3, -0.25) is 4.79 Å². The summed E-state index contributed by atoms with van der Waals surface area (Å²) in [5.74, 6) is 0.0409. The summed E-state index contributed by atoms with van der Waals surface area (Å²) in [7, 11) is 0. The van der Waals surface area contributed by atoms with E-state index in [1.807, 2.05) is 12.1 Å². The molecule has 0 aromatic heterocycles. The average molecular weight is 248 g/mol. The van der Waals surface area contributed by atoms with Gasteiger partial charge < -0.3 is 11.1 Å². The van der Waals surface area contributed by atoms with Crippen LogP contribution >= 0.6 is 0 Å². The summed E-state index contributed by atoms with van der Waals surface area (Å²) in [5.41, 5.74) is 7.58. The fourth-order valence-corrected chi connectivity index (χ4v) is 1.82. The second kappa shape index (κ2) is 8.70. The number of anilines is 1. The third kappa shape index (κ3) is 5.82. The van der Waals surface area contributed by atoms with Crippen molar-refractivity contribution in [1.82, 2.24) is 0 Å². The van der Waals surface area contributed by atoms with Crippen molar-refractivity contribution < 1.29 is 4.79 Å². The zero-order chi connectivity index (χ0) is 13.2. The van der Waals surface area contributed by atoms with Gasteiger partial charge in [0.05, 0.1) is 0 Å². The summed E-state index contributed by atoms with van der Waals surface area (Å²) < 4.78 is 0. The molecule has 0 fully saturated rings. The highest BCUT2D eigenvalue weighted by Crippen LogP contribution is 2.12. The number of hydrogen-bond donors (Lipinski definition) is 2. The Bertz CT molecular complexity index is 346. The molecule has 3 N–H and O–H groups in total. The second-order valence-electron chi connectivity index (χ2n) is 4.59. The fourth-order valence-electron chi connectivity index (χ4n) is 1.82. The molecule has 100 valence electrons. The topological polar surface area (TPSA) is 55.1 Å². The lowest BCUT2D eigenvalue weighted by atomic mass is 10.1. The predicted molar refractivity (Wildman–Crippen MR) is 76.6 cm³/mol. The van der Waals surface area contributed by atoms with Gasteiger partial charge in [-0.05, 0) is 43.5 Å². The quantitative estimate of drug-likeness (QED) is 0.695. The highest BCUT2D eigenvalue weighted by molar-refractivity contribution is 5.90. The number of nitrogens with one attached hydrogen (secondary N) is 1. The molecule has 1 aromatic rings. The third-order valence-corrected chi connectivity index (χ3v) is 2.91. The predicted octanol–water partition coefficient (Wildman–Crippen LogP) is 3.10. The molecule has 1 rings (SSSR count). The maximum Gasteiger partial charge on any atom is 0.224 e. The molecule has 0 spiro atoms. The first-order valence-electron chi connectivity index (χ1n) is 6.85. The zero-order valence-electron chi connectivity index (χ0n) is 11.2. The molecule has 0 aliphatic heterocycles. The number of carbonyl (C=O) groups is 1. The molecule has 0 saturated heterocycles. The first kappa shape index (κ1) is 14.7. The van der Waals surface area contributed by atoms with Crippen LogP contribution in [0.1, 0.15) is 44.6 Å². The Labute approximate surface area is 110 Å². The van der Waals surface area contributed by atoms with E-state index in [-0.39, 0.29) is 5.91 Å². The third-order valence-electron chi connectivity index (χ3n) is 2.91. The number of rotatable bonds is 8. The van der Waals surface area contributed by atoms with Gasteiger partial charge >= 0.3 is 0 Å². The summed E-state index contributed by atoms with van der Waals surface area (Å²) in [6, 6.07) is 8.13. The van der Waals surface area contributed by atoms with Crippen molar-refractivity contribution in [1.29, 1.82) is 0 Å². The number of benzene rings is 1. The Morgan fingerprint density at radius 2 is 1.89 bits per heavy atom. The lowest BCUT2D eigenvalue weighted by molar-refractivity contribution is -0.116. The van der Waals surface area contributed by atoms with Crippen LogP contribution in [0.15, 0.2) is 24.3 Å². The van der Waals surface area contributed by atoms with Gasteiger partial charge in [-0.2, -0.15) is 0 Å². The molecule has 0 aliphatic rings. The number of amides is 1. The van der Waals surface area contributed by atoms with E-state index in [9.17, 15) is 4.79 Å². The molecule has 0 heterocycles. The van der Waals surface area contributed by atoms with Crippen LogP contribution in [-0.4, -0.2) is 12.5 Å². The van der Waals surface area contributed by atoms with Gasteiger partial charge in [-0.1, -0.05) is 31.9 Å². The highest BCUT2D eigenvalue weighted by atomic mass is 16.1. The van der Waals surface area contributed by atoms with E-state index in [0.29, 0.717) is 13.0 Å².